The molecule has 0 saturated carbocycles. The van der Waals surface area contributed by atoms with Gasteiger partial charge in [-0.15, -0.1) is 0 Å². The van der Waals surface area contributed by atoms with Crippen LogP contribution in [0, 0.1) is 11.3 Å². The quantitative estimate of drug-likeness (QED) is 0.521. The van der Waals surface area contributed by atoms with Crippen LogP contribution in [0.4, 0.5) is 0 Å². The molecule has 9 heavy (non-hydrogen) atoms. The van der Waals surface area contributed by atoms with Gasteiger partial charge in [-0.2, -0.15) is 0 Å². The summed E-state index contributed by atoms with van der Waals surface area (Å²) in [5, 5.41) is 8.38. The zero-order valence-electron chi connectivity index (χ0n) is 4.76. The van der Waals surface area contributed by atoms with Crippen molar-refractivity contribution in [3.8, 4) is 6.07 Å². The maximum atomic E-state index is 8.38. The van der Waals surface area contributed by atoms with Crippen LogP contribution in [0.15, 0.2) is 24.3 Å². The molecule has 0 aliphatic rings. The number of hydrogen-bond acceptors (Lipinski definition) is 1. The molecule has 0 bridgehead atoms. The van der Waals surface area contributed by atoms with E-state index in [9.17, 15) is 0 Å². The van der Waals surface area contributed by atoms with Crippen molar-refractivity contribution in [2.45, 2.75) is 0 Å². The normalized spacial score (nSPS) is 8.44. The molecule has 3 radical (unpaired) electrons. The topological polar surface area (TPSA) is 23.8 Å². The minimum atomic E-state index is 0.723. The van der Waals surface area contributed by atoms with E-state index in [1.165, 1.54) is 4.40 Å². The molecular formula is C7H4GeN. The van der Waals surface area contributed by atoms with Crippen molar-refractivity contribution in [3.05, 3.63) is 29.8 Å². The minimum absolute atomic E-state index is 0.723. The van der Waals surface area contributed by atoms with Crippen molar-refractivity contribution in [1.29, 1.82) is 5.26 Å². The van der Waals surface area contributed by atoms with Crippen molar-refractivity contribution in [1.82, 2.24) is 0 Å². The zero-order chi connectivity index (χ0) is 6.69. The van der Waals surface area contributed by atoms with Gasteiger partial charge in [0.1, 0.15) is 0 Å². The third-order valence-electron chi connectivity index (χ3n) is 1.01. The standard InChI is InChI=1S/C7H4GeN/c8-7-3-1-6(5-9)2-4-7/h1-4H. The molecule has 1 aromatic carbocycles. The molecule has 1 aromatic rings. The number of benzene rings is 1. The van der Waals surface area contributed by atoms with Crippen molar-refractivity contribution in [2.75, 3.05) is 0 Å². The maximum absolute atomic E-state index is 8.38. The molecule has 0 aromatic heterocycles. The fourth-order valence-corrected chi connectivity index (χ4v) is 0.894. The fraction of sp³-hybridized carbons (Fsp3) is 0. The van der Waals surface area contributed by atoms with Gasteiger partial charge >= 0.3 is 62.1 Å². The van der Waals surface area contributed by atoms with Gasteiger partial charge in [0.15, 0.2) is 0 Å². The molecule has 1 rings (SSSR count). The molecule has 0 aliphatic carbocycles. The van der Waals surface area contributed by atoms with E-state index in [2.05, 4.69) is 6.07 Å². The first-order chi connectivity index (χ1) is 4.33. The van der Waals surface area contributed by atoms with Crippen LogP contribution in [-0.2, 0) is 0 Å². The third-order valence-corrected chi connectivity index (χ3v) is 1.71. The van der Waals surface area contributed by atoms with E-state index in [-0.39, 0.29) is 0 Å². The van der Waals surface area contributed by atoms with Gasteiger partial charge in [0.05, 0.1) is 0 Å². The van der Waals surface area contributed by atoms with Gasteiger partial charge in [0, 0.05) is 0 Å². The van der Waals surface area contributed by atoms with Crippen LogP contribution in [0.5, 0.6) is 0 Å². The second-order valence-corrected chi connectivity index (χ2v) is 2.90. The second kappa shape index (κ2) is 2.70. The van der Waals surface area contributed by atoms with Crippen molar-refractivity contribution >= 4 is 20.9 Å². The van der Waals surface area contributed by atoms with E-state index in [1.54, 1.807) is 0 Å². The van der Waals surface area contributed by atoms with Crippen molar-refractivity contribution < 1.29 is 0 Å². The number of nitriles is 1. The summed E-state index contributed by atoms with van der Waals surface area (Å²) < 4.78 is 1.19. The Morgan fingerprint density at radius 2 is 1.78 bits per heavy atom. The Labute approximate surface area is 62.5 Å². The first-order valence-electron chi connectivity index (χ1n) is 2.54. The molecule has 0 fully saturated rings. The first kappa shape index (κ1) is 6.37. The SMILES string of the molecule is N#Cc1cc[c]([Ge])cc1. The molecule has 0 N–H and O–H groups in total. The van der Waals surface area contributed by atoms with E-state index in [4.69, 9.17) is 5.26 Å². The Hall–Kier alpha value is -0.747. The van der Waals surface area contributed by atoms with E-state index in [1.807, 2.05) is 40.8 Å². The molecule has 0 heterocycles. The van der Waals surface area contributed by atoms with Crippen molar-refractivity contribution in [3.63, 3.8) is 0 Å². The van der Waals surface area contributed by atoms with Gasteiger partial charge in [-0.05, 0) is 0 Å². The van der Waals surface area contributed by atoms with Gasteiger partial charge in [-0.1, -0.05) is 0 Å². The number of hydrogen-bond donors (Lipinski definition) is 0. The average Bonchev–Trinajstić information content (AvgIpc) is 1.90. The Kier molecular flexibility index (Phi) is 1.91. The molecule has 41 valence electrons. The summed E-state index contributed by atoms with van der Waals surface area (Å²) in [6.07, 6.45) is 0. The first-order valence-corrected chi connectivity index (χ1v) is 3.59. The summed E-state index contributed by atoms with van der Waals surface area (Å²) in [7, 11) is 0. The predicted octanol–water partition coefficient (Wildman–Crippen LogP) is 0.352. The van der Waals surface area contributed by atoms with Gasteiger partial charge in [0.2, 0.25) is 0 Å². The fourth-order valence-electron chi connectivity index (χ4n) is 0.545. The Morgan fingerprint density at radius 1 is 1.22 bits per heavy atom. The van der Waals surface area contributed by atoms with Crippen LogP contribution in [0.3, 0.4) is 0 Å². The van der Waals surface area contributed by atoms with Crippen LogP contribution in [0.2, 0.25) is 0 Å². The van der Waals surface area contributed by atoms with Crippen LogP contribution < -0.4 is 4.40 Å². The molecule has 2 heteroatoms. The summed E-state index contributed by atoms with van der Waals surface area (Å²) in [5.74, 6) is 0. The van der Waals surface area contributed by atoms with E-state index < -0.39 is 0 Å². The number of rotatable bonds is 0. The second-order valence-electron chi connectivity index (χ2n) is 1.69. The summed E-state index contributed by atoms with van der Waals surface area (Å²) in [5.41, 5.74) is 0.723. The van der Waals surface area contributed by atoms with Gasteiger partial charge in [0.25, 0.3) is 0 Å². The predicted molar refractivity (Wildman–Crippen MR) is 36.5 cm³/mol. The monoisotopic (exact) mass is 176 g/mol. The third kappa shape index (κ3) is 1.58. The van der Waals surface area contributed by atoms with Crippen LogP contribution in [0.1, 0.15) is 5.56 Å². The van der Waals surface area contributed by atoms with E-state index >= 15 is 0 Å². The molecule has 0 saturated heterocycles. The van der Waals surface area contributed by atoms with Gasteiger partial charge in [-0.3, -0.25) is 0 Å². The molecule has 0 spiro atoms. The molecular weight excluding hydrogens is 171 g/mol. The summed E-state index contributed by atoms with van der Waals surface area (Å²) in [4.78, 5) is 0. The van der Waals surface area contributed by atoms with Gasteiger partial charge in [-0.25, -0.2) is 0 Å². The van der Waals surface area contributed by atoms with E-state index in [0.717, 1.165) is 5.56 Å². The zero-order valence-corrected chi connectivity index (χ0v) is 6.85. The number of nitrogens with zero attached hydrogens (tertiary/aromatic N) is 1. The molecule has 0 atom stereocenters. The molecule has 0 amide bonds. The Morgan fingerprint density at radius 3 is 2.22 bits per heavy atom. The van der Waals surface area contributed by atoms with E-state index in [0.29, 0.717) is 0 Å². The molecule has 1 nitrogen and oxygen atoms in total. The van der Waals surface area contributed by atoms with Gasteiger partial charge < -0.3 is 0 Å². The Balaban J connectivity index is 3.06. The van der Waals surface area contributed by atoms with Crippen LogP contribution in [-0.4, -0.2) is 16.5 Å². The molecule has 0 unspecified atom stereocenters. The average molecular weight is 175 g/mol. The van der Waals surface area contributed by atoms with Crippen molar-refractivity contribution in [2.24, 2.45) is 0 Å². The summed E-state index contributed by atoms with van der Waals surface area (Å²) >= 11 is 2.00. The van der Waals surface area contributed by atoms with Crippen LogP contribution >= 0.6 is 0 Å². The molecule has 0 aliphatic heterocycles. The summed E-state index contributed by atoms with van der Waals surface area (Å²) in [6.45, 7) is 0. The summed E-state index contributed by atoms with van der Waals surface area (Å²) in [6, 6.07) is 9.54. The van der Waals surface area contributed by atoms with Crippen LogP contribution in [0.25, 0.3) is 0 Å². The Bertz CT molecular complexity index is 232.